The highest BCUT2D eigenvalue weighted by molar-refractivity contribution is 6.32. The number of carbonyl (C=O) groups is 1. The fourth-order valence-electron chi connectivity index (χ4n) is 1.13. The molecule has 1 N–H and O–H groups in total. The van der Waals surface area contributed by atoms with Gasteiger partial charge in [0, 0.05) is 12.6 Å². The Morgan fingerprint density at radius 2 is 2.32 bits per heavy atom. The molecular formula is C11H11ClN4O3. The second-order valence-electron chi connectivity index (χ2n) is 4.47. The minimum Gasteiger partial charge on any atom is -0.350 e. The smallest absolute Gasteiger partial charge is 0.288 e. The highest BCUT2D eigenvalue weighted by atomic mass is 35.5. The summed E-state index contributed by atoms with van der Waals surface area (Å²) < 4.78 is 0. The molecule has 8 heteroatoms. The number of pyridine rings is 1. The number of amides is 1. The normalized spacial score (nSPS) is 10.6. The zero-order valence-electron chi connectivity index (χ0n) is 10.3. The Hall–Kier alpha value is -2.20. The number of nitrogens with one attached hydrogen (secondary N) is 1. The van der Waals surface area contributed by atoms with Crippen molar-refractivity contribution in [3.63, 3.8) is 0 Å². The molecule has 7 nitrogen and oxygen atoms in total. The van der Waals surface area contributed by atoms with Crippen molar-refractivity contribution in [2.75, 3.05) is 6.54 Å². The maximum Gasteiger partial charge on any atom is 0.288 e. The third-order valence-electron chi connectivity index (χ3n) is 2.27. The van der Waals surface area contributed by atoms with E-state index in [1.807, 2.05) is 6.07 Å². The monoisotopic (exact) mass is 282 g/mol. The average Bonchev–Trinajstić information content (AvgIpc) is 2.36. The minimum atomic E-state index is -0.740. The van der Waals surface area contributed by atoms with Crippen LogP contribution in [0.1, 0.15) is 24.2 Å². The third kappa shape index (κ3) is 3.89. The van der Waals surface area contributed by atoms with Crippen molar-refractivity contribution in [3.05, 3.63) is 33.1 Å². The average molecular weight is 283 g/mol. The fraction of sp³-hybridized carbons (Fsp3) is 0.364. The number of hydrogen-bond donors (Lipinski definition) is 1. The molecule has 0 saturated carbocycles. The molecule has 1 aromatic heterocycles. The summed E-state index contributed by atoms with van der Waals surface area (Å²) in [6.45, 7) is 3.41. The van der Waals surface area contributed by atoms with Gasteiger partial charge in [-0.2, -0.15) is 5.26 Å². The van der Waals surface area contributed by atoms with Crippen molar-refractivity contribution < 1.29 is 9.72 Å². The summed E-state index contributed by atoms with van der Waals surface area (Å²) in [6.07, 6.45) is 0.971. The van der Waals surface area contributed by atoms with Gasteiger partial charge in [-0.3, -0.25) is 14.9 Å². The van der Waals surface area contributed by atoms with Gasteiger partial charge < -0.3 is 5.32 Å². The Morgan fingerprint density at radius 1 is 1.68 bits per heavy atom. The molecule has 1 rings (SSSR count). The van der Waals surface area contributed by atoms with Crippen LogP contribution in [-0.2, 0) is 0 Å². The molecule has 0 spiro atoms. The number of carbonyl (C=O) groups excluding carboxylic acids is 1. The number of rotatable bonds is 4. The van der Waals surface area contributed by atoms with E-state index in [4.69, 9.17) is 16.9 Å². The van der Waals surface area contributed by atoms with E-state index in [0.29, 0.717) is 0 Å². The molecule has 100 valence electrons. The number of halogens is 1. The molecule has 0 aromatic carbocycles. The van der Waals surface area contributed by atoms with Gasteiger partial charge in [-0.05, 0) is 13.8 Å². The molecule has 0 aliphatic heterocycles. The van der Waals surface area contributed by atoms with Gasteiger partial charge >= 0.3 is 0 Å². The van der Waals surface area contributed by atoms with E-state index in [9.17, 15) is 14.9 Å². The van der Waals surface area contributed by atoms with Gasteiger partial charge in [0.15, 0.2) is 0 Å². The van der Waals surface area contributed by atoms with Crippen molar-refractivity contribution in [3.8, 4) is 6.07 Å². The molecule has 0 radical (unpaired) electrons. The van der Waals surface area contributed by atoms with Crippen LogP contribution in [0.5, 0.6) is 0 Å². The molecule has 0 fully saturated rings. The summed E-state index contributed by atoms with van der Waals surface area (Å²) in [5.74, 6) is -0.607. The van der Waals surface area contributed by atoms with Gasteiger partial charge in [0.2, 0.25) is 0 Å². The predicted octanol–water partition coefficient (Wildman–Crippen LogP) is 1.92. The summed E-state index contributed by atoms with van der Waals surface area (Å²) >= 11 is 5.72. The first-order chi connectivity index (χ1) is 8.76. The van der Waals surface area contributed by atoms with Gasteiger partial charge in [0.1, 0.15) is 11.3 Å². The number of hydrogen-bond acceptors (Lipinski definition) is 5. The lowest BCUT2D eigenvalue weighted by molar-refractivity contribution is -0.385. The first-order valence-corrected chi connectivity index (χ1v) is 5.64. The second-order valence-corrected chi connectivity index (χ2v) is 4.83. The lowest BCUT2D eigenvalue weighted by atomic mass is 9.96. The Morgan fingerprint density at radius 3 is 2.84 bits per heavy atom. The van der Waals surface area contributed by atoms with Crippen LogP contribution < -0.4 is 5.32 Å². The molecule has 0 aliphatic rings. The van der Waals surface area contributed by atoms with Crippen LogP contribution in [0.4, 0.5) is 5.69 Å². The summed E-state index contributed by atoms with van der Waals surface area (Å²) in [5.41, 5.74) is -1.16. The topological polar surface area (TPSA) is 109 Å². The van der Waals surface area contributed by atoms with Crippen LogP contribution >= 0.6 is 11.6 Å². The largest absolute Gasteiger partial charge is 0.350 e. The number of nitriles is 1. The van der Waals surface area contributed by atoms with Gasteiger partial charge in [-0.25, -0.2) is 4.98 Å². The van der Waals surface area contributed by atoms with Crippen LogP contribution in [0, 0.1) is 26.9 Å². The highest BCUT2D eigenvalue weighted by Crippen LogP contribution is 2.19. The summed E-state index contributed by atoms with van der Waals surface area (Å²) in [7, 11) is 0. The quantitative estimate of drug-likeness (QED) is 0.515. The zero-order chi connectivity index (χ0) is 14.6. The molecule has 1 aromatic rings. The molecule has 0 saturated heterocycles. The van der Waals surface area contributed by atoms with E-state index in [0.717, 1.165) is 12.3 Å². The number of nitro groups is 1. The maximum atomic E-state index is 11.8. The van der Waals surface area contributed by atoms with Gasteiger partial charge in [0.25, 0.3) is 11.6 Å². The van der Waals surface area contributed by atoms with Crippen molar-refractivity contribution in [1.82, 2.24) is 10.3 Å². The van der Waals surface area contributed by atoms with E-state index in [1.54, 1.807) is 13.8 Å². The third-order valence-corrected chi connectivity index (χ3v) is 2.57. The van der Waals surface area contributed by atoms with Crippen LogP contribution in [0.2, 0.25) is 5.15 Å². The Kier molecular flexibility index (Phi) is 4.40. The molecule has 0 atom stereocenters. The van der Waals surface area contributed by atoms with Gasteiger partial charge in [-0.15, -0.1) is 0 Å². The molecule has 1 heterocycles. The molecule has 0 aliphatic carbocycles. The lowest BCUT2D eigenvalue weighted by Crippen LogP contribution is -2.33. The molecule has 0 bridgehead atoms. The fourth-order valence-corrected chi connectivity index (χ4v) is 1.32. The van der Waals surface area contributed by atoms with E-state index < -0.39 is 16.2 Å². The van der Waals surface area contributed by atoms with E-state index in [1.165, 1.54) is 0 Å². The SMILES string of the molecule is CC(C)(C#N)CNC(=O)c1cc([N+](=O)[O-])cnc1Cl. The van der Waals surface area contributed by atoms with Crippen LogP contribution in [0.25, 0.3) is 0 Å². The molecule has 0 unspecified atom stereocenters. The van der Waals surface area contributed by atoms with Crippen LogP contribution in [0.15, 0.2) is 12.3 Å². The molecule has 1 amide bonds. The highest BCUT2D eigenvalue weighted by Gasteiger charge is 2.21. The van der Waals surface area contributed by atoms with E-state index in [2.05, 4.69) is 10.3 Å². The number of nitrogens with zero attached hydrogens (tertiary/aromatic N) is 3. The van der Waals surface area contributed by atoms with Crippen molar-refractivity contribution in [2.45, 2.75) is 13.8 Å². The van der Waals surface area contributed by atoms with Crippen molar-refractivity contribution in [2.24, 2.45) is 5.41 Å². The standard InChI is InChI=1S/C11H11ClN4O3/c1-11(2,5-13)6-15-10(17)8-3-7(16(18)19)4-14-9(8)12/h3-4H,6H2,1-2H3,(H,15,17). The van der Waals surface area contributed by atoms with Crippen molar-refractivity contribution >= 4 is 23.2 Å². The van der Waals surface area contributed by atoms with Crippen LogP contribution in [0.3, 0.4) is 0 Å². The second kappa shape index (κ2) is 5.63. The Labute approximate surface area is 114 Å². The van der Waals surface area contributed by atoms with Gasteiger partial charge in [0.05, 0.1) is 22.0 Å². The first-order valence-electron chi connectivity index (χ1n) is 5.26. The Bertz CT molecular complexity index is 566. The Balaban J connectivity index is 2.91. The number of aromatic nitrogens is 1. The first kappa shape index (κ1) is 14.9. The summed E-state index contributed by atoms with van der Waals surface area (Å²) in [5, 5.41) is 21.8. The summed E-state index contributed by atoms with van der Waals surface area (Å²) in [4.78, 5) is 25.4. The maximum absolute atomic E-state index is 11.8. The molecule has 19 heavy (non-hydrogen) atoms. The van der Waals surface area contributed by atoms with Crippen molar-refractivity contribution in [1.29, 1.82) is 5.26 Å². The van der Waals surface area contributed by atoms with Crippen LogP contribution in [-0.4, -0.2) is 22.4 Å². The zero-order valence-corrected chi connectivity index (χ0v) is 11.1. The van der Waals surface area contributed by atoms with Gasteiger partial charge in [-0.1, -0.05) is 11.6 Å². The predicted molar refractivity (Wildman–Crippen MR) is 67.6 cm³/mol. The summed E-state index contributed by atoms with van der Waals surface area (Å²) in [6, 6.07) is 3.07. The van der Waals surface area contributed by atoms with E-state index in [-0.39, 0.29) is 22.9 Å². The molecular weight excluding hydrogens is 272 g/mol. The van der Waals surface area contributed by atoms with E-state index >= 15 is 0 Å². The lowest BCUT2D eigenvalue weighted by Gasteiger charge is -2.15. The minimum absolute atomic E-state index is 0.0930.